The zero-order valence-corrected chi connectivity index (χ0v) is 15.7. The molecule has 0 radical (unpaired) electrons. The molecule has 0 saturated carbocycles. The van der Waals surface area contributed by atoms with Gasteiger partial charge in [0.2, 0.25) is 0 Å². The van der Waals surface area contributed by atoms with Gasteiger partial charge in [0, 0.05) is 0 Å². The maximum absolute atomic E-state index is 2.32. The molecule has 0 saturated heterocycles. The minimum atomic E-state index is -0.221. The summed E-state index contributed by atoms with van der Waals surface area (Å²) < 4.78 is 0. The van der Waals surface area contributed by atoms with Crippen molar-refractivity contribution in [3.63, 3.8) is 0 Å². The van der Waals surface area contributed by atoms with Crippen LogP contribution in [0.4, 0.5) is 0 Å². The summed E-state index contributed by atoms with van der Waals surface area (Å²) in [7, 11) is 0. The van der Waals surface area contributed by atoms with Gasteiger partial charge < -0.3 is 0 Å². The Labute approximate surface area is 128 Å². The molecule has 19 heavy (non-hydrogen) atoms. The van der Waals surface area contributed by atoms with Crippen LogP contribution in [0.25, 0.3) is 0 Å². The van der Waals surface area contributed by atoms with E-state index in [9.17, 15) is 0 Å². The van der Waals surface area contributed by atoms with Crippen molar-refractivity contribution in [1.29, 1.82) is 0 Å². The third kappa shape index (κ3) is 14.7. The second-order valence-corrected chi connectivity index (χ2v) is 11.0. The van der Waals surface area contributed by atoms with E-state index >= 15 is 0 Å². The second-order valence-electron chi connectivity index (χ2n) is 5.91. The van der Waals surface area contributed by atoms with Crippen molar-refractivity contribution in [2.24, 2.45) is 0 Å². The van der Waals surface area contributed by atoms with Crippen LogP contribution in [0.15, 0.2) is 0 Å². The van der Waals surface area contributed by atoms with Gasteiger partial charge in [0.25, 0.3) is 0 Å². The molecule has 0 N–H and O–H groups in total. The number of unbranched alkanes of at least 4 members (excludes halogenated alkanes) is 9. The monoisotopic (exact) mass is 335 g/mol. The van der Waals surface area contributed by atoms with Gasteiger partial charge in [-0.25, -0.2) is 0 Å². The summed E-state index contributed by atoms with van der Waals surface area (Å²) in [5.41, 5.74) is 0. The zero-order chi connectivity index (χ0) is 14.2. The Morgan fingerprint density at radius 3 is 1.00 bits per heavy atom. The molecule has 0 aliphatic carbocycles. The third-order valence-corrected chi connectivity index (χ3v) is 9.31. The van der Waals surface area contributed by atoms with E-state index in [0.717, 1.165) is 0 Å². The number of hydrogen-bond acceptors (Lipinski definition) is 0. The molecular formula is C18H39Se+. The third-order valence-electron chi connectivity index (χ3n) is 3.86. The van der Waals surface area contributed by atoms with E-state index in [4.69, 9.17) is 0 Å². The normalized spacial score (nSPS) is 11.4. The molecule has 0 fully saturated rings. The average molecular weight is 334 g/mol. The molecule has 0 atom stereocenters. The van der Waals surface area contributed by atoms with Crippen molar-refractivity contribution in [3.05, 3.63) is 0 Å². The topological polar surface area (TPSA) is 0 Å². The second kappa shape index (κ2) is 16.6. The Hall–Kier alpha value is 0.519. The fraction of sp³-hybridized carbons (Fsp3) is 1.00. The molecule has 0 bridgehead atoms. The predicted molar refractivity (Wildman–Crippen MR) is 92.6 cm³/mol. The van der Waals surface area contributed by atoms with E-state index in [0.29, 0.717) is 0 Å². The first kappa shape index (κ1) is 19.5. The van der Waals surface area contributed by atoms with Gasteiger partial charge in [0.05, 0.1) is 0 Å². The van der Waals surface area contributed by atoms with Gasteiger partial charge in [-0.05, 0) is 0 Å². The first-order valence-corrected chi connectivity index (χ1v) is 12.6. The summed E-state index contributed by atoms with van der Waals surface area (Å²) in [6, 6.07) is 0. The van der Waals surface area contributed by atoms with E-state index in [1.807, 2.05) is 0 Å². The Kier molecular flexibility index (Phi) is 17.0. The van der Waals surface area contributed by atoms with Gasteiger partial charge in [0.15, 0.2) is 0 Å². The van der Waals surface area contributed by atoms with Crippen LogP contribution in [0, 0.1) is 0 Å². The van der Waals surface area contributed by atoms with Crippen LogP contribution in [0.1, 0.15) is 97.8 Å². The molecule has 1 heteroatoms. The average Bonchev–Trinajstić information content (AvgIpc) is 2.43. The molecule has 0 spiro atoms. The van der Waals surface area contributed by atoms with E-state index in [1.165, 1.54) is 57.8 Å². The first-order valence-electron chi connectivity index (χ1n) is 8.99. The molecule has 0 rings (SSSR count). The van der Waals surface area contributed by atoms with Gasteiger partial charge in [-0.1, -0.05) is 0 Å². The van der Waals surface area contributed by atoms with E-state index in [2.05, 4.69) is 20.8 Å². The van der Waals surface area contributed by atoms with Crippen LogP contribution in [0.2, 0.25) is 16.0 Å². The van der Waals surface area contributed by atoms with Gasteiger partial charge in [-0.2, -0.15) is 0 Å². The molecule has 0 aromatic rings. The van der Waals surface area contributed by atoms with Gasteiger partial charge in [0.1, 0.15) is 0 Å². The standard InChI is InChI=1S/C18H39Se/c1-4-7-10-13-16-19(17-14-11-8-5-2)18-15-12-9-6-3/h4-18H2,1-3H3/q+1. The summed E-state index contributed by atoms with van der Waals surface area (Å²) in [5.74, 6) is 0. The summed E-state index contributed by atoms with van der Waals surface area (Å²) in [4.78, 5) is 0. The quantitative estimate of drug-likeness (QED) is 0.219. The van der Waals surface area contributed by atoms with Gasteiger partial charge >= 0.3 is 128 Å². The fourth-order valence-corrected chi connectivity index (χ4v) is 7.64. The Morgan fingerprint density at radius 1 is 0.421 bits per heavy atom. The molecule has 0 aliphatic heterocycles. The van der Waals surface area contributed by atoms with Crippen LogP contribution in [-0.4, -0.2) is 13.9 Å². The molecule has 116 valence electrons. The van der Waals surface area contributed by atoms with Crippen LogP contribution >= 0.6 is 0 Å². The number of rotatable bonds is 15. The van der Waals surface area contributed by atoms with Crippen molar-refractivity contribution in [2.45, 2.75) is 114 Å². The van der Waals surface area contributed by atoms with Crippen LogP contribution in [-0.2, 0) is 0 Å². The van der Waals surface area contributed by atoms with Crippen LogP contribution < -0.4 is 0 Å². The minimum absolute atomic E-state index is 0.221. The van der Waals surface area contributed by atoms with Crippen molar-refractivity contribution >= 4 is 13.9 Å². The van der Waals surface area contributed by atoms with E-state index < -0.39 is 0 Å². The molecule has 0 nitrogen and oxygen atoms in total. The molecule has 0 amide bonds. The fourth-order valence-electron chi connectivity index (χ4n) is 2.51. The predicted octanol–water partition coefficient (Wildman–Crippen LogP) is 7.22. The van der Waals surface area contributed by atoms with Crippen molar-refractivity contribution < 1.29 is 0 Å². The first-order chi connectivity index (χ1) is 9.35. The molecule has 0 aromatic carbocycles. The molecular weight excluding hydrogens is 295 g/mol. The van der Waals surface area contributed by atoms with Crippen molar-refractivity contribution in [3.8, 4) is 0 Å². The molecule has 0 heterocycles. The summed E-state index contributed by atoms with van der Waals surface area (Å²) in [6.07, 6.45) is 17.7. The van der Waals surface area contributed by atoms with E-state index in [1.54, 1.807) is 35.2 Å². The Morgan fingerprint density at radius 2 is 0.737 bits per heavy atom. The zero-order valence-electron chi connectivity index (χ0n) is 14.0. The maximum atomic E-state index is 2.32. The molecule has 0 unspecified atom stereocenters. The SMILES string of the molecule is CCCCCC[Se+](CCCCCC)CCCCCC. The molecule has 0 aromatic heterocycles. The Bertz CT molecular complexity index is 127. The van der Waals surface area contributed by atoms with Gasteiger partial charge in [-0.3, -0.25) is 0 Å². The van der Waals surface area contributed by atoms with Gasteiger partial charge in [-0.15, -0.1) is 0 Å². The number of hydrogen-bond donors (Lipinski definition) is 0. The van der Waals surface area contributed by atoms with Crippen molar-refractivity contribution in [2.75, 3.05) is 0 Å². The van der Waals surface area contributed by atoms with Crippen LogP contribution in [0.5, 0.6) is 0 Å². The summed E-state index contributed by atoms with van der Waals surface area (Å²) in [5, 5.41) is 4.91. The summed E-state index contributed by atoms with van der Waals surface area (Å²) >= 11 is -0.221. The van der Waals surface area contributed by atoms with Crippen molar-refractivity contribution in [1.82, 2.24) is 0 Å². The van der Waals surface area contributed by atoms with Crippen LogP contribution in [0.3, 0.4) is 0 Å². The summed E-state index contributed by atoms with van der Waals surface area (Å²) in [6.45, 7) is 6.97. The molecule has 0 aliphatic rings. The van der Waals surface area contributed by atoms with E-state index in [-0.39, 0.29) is 13.9 Å². The Balaban J connectivity index is 3.66.